The fraction of sp³-hybridized carbons (Fsp3) is 0.562. The van der Waals surface area contributed by atoms with E-state index >= 15 is 0 Å². The number of benzene rings is 1. The number of anilines is 1. The molecule has 0 unspecified atom stereocenters. The molecule has 0 aliphatic heterocycles. The molecular formula is C16H25NO2. The van der Waals surface area contributed by atoms with Crippen LogP contribution >= 0.6 is 0 Å². The molecule has 0 spiro atoms. The number of rotatable bonds is 9. The third-order valence-corrected chi connectivity index (χ3v) is 2.88. The molecule has 1 N–H and O–H groups in total. The van der Waals surface area contributed by atoms with E-state index < -0.39 is 0 Å². The summed E-state index contributed by atoms with van der Waals surface area (Å²) in [7, 11) is 0. The van der Waals surface area contributed by atoms with Crippen LogP contribution in [0.15, 0.2) is 24.3 Å². The molecule has 0 aliphatic carbocycles. The van der Waals surface area contributed by atoms with Crippen LogP contribution in [0.5, 0.6) is 5.75 Å². The molecule has 1 rings (SSSR count). The lowest BCUT2D eigenvalue weighted by Gasteiger charge is -2.08. The first-order chi connectivity index (χ1) is 9.26. The lowest BCUT2D eigenvalue weighted by molar-refractivity contribution is -0.116. The van der Waals surface area contributed by atoms with E-state index in [4.69, 9.17) is 4.74 Å². The van der Waals surface area contributed by atoms with Crippen LogP contribution in [-0.2, 0) is 4.79 Å². The second-order valence-electron chi connectivity index (χ2n) is 4.73. The second kappa shape index (κ2) is 9.42. The minimum absolute atomic E-state index is 0.0655. The van der Waals surface area contributed by atoms with Crippen LogP contribution in [0.3, 0.4) is 0 Å². The molecule has 0 fully saturated rings. The Balaban J connectivity index is 2.29. The van der Waals surface area contributed by atoms with Crippen molar-refractivity contribution in [3.63, 3.8) is 0 Å². The number of carbonyl (C=O) groups is 1. The van der Waals surface area contributed by atoms with Crippen molar-refractivity contribution in [1.29, 1.82) is 0 Å². The zero-order valence-electron chi connectivity index (χ0n) is 12.1. The average molecular weight is 263 g/mol. The molecule has 0 heterocycles. The molecule has 0 aliphatic rings. The van der Waals surface area contributed by atoms with Gasteiger partial charge in [-0.3, -0.25) is 4.79 Å². The van der Waals surface area contributed by atoms with Gasteiger partial charge < -0.3 is 10.1 Å². The van der Waals surface area contributed by atoms with Crippen LogP contribution < -0.4 is 10.1 Å². The molecule has 1 aromatic rings. The summed E-state index contributed by atoms with van der Waals surface area (Å²) in [6.07, 6.45) is 6.27. The van der Waals surface area contributed by atoms with E-state index in [0.29, 0.717) is 6.42 Å². The Morgan fingerprint density at radius 3 is 2.42 bits per heavy atom. The Kier molecular flexibility index (Phi) is 7.71. The summed E-state index contributed by atoms with van der Waals surface area (Å²) in [5.41, 5.74) is 0.830. The van der Waals surface area contributed by atoms with Gasteiger partial charge in [-0.15, -0.1) is 0 Å². The average Bonchev–Trinajstić information content (AvgIpc) is 2.41. The van der Waals surface area contributed by atoms with Crippen LogP contribution in [0.1, 0.15) is 52.4 Å². The van der Waals surface area contributed by atoms with Crippen molar-refractivity contribution in [2.75, 3.05) is 11.9 Å². The summed E-state index contributed by atoms with van der Waals surface area (Å²) < 4.78 is 5.65. The van der Waals surface area contributed by atoms with Crippen molar-refractivity contribution >= 4 is 11.6 Å². The summed E-state index contributed by atoms with van der Waals surface area (Å²) in [4.78, 5) is 11.4. The van der Waals surface area contributed by atoms with Gasteiger partial charge in [0.05, 0.1) is 6.61 Å². The molecule has 0 atom stereocenters. The van der Waals surface area contributed by atoms with E-state index in [1.807, 2.05) is 31.2 Å². The molecule has 1 amide bonds. The van der Waals surface area contributed by atoms with Gasteiger partial charge in [0.15, 0.2) is 0 Å². The Morgan fingerprint density at radius 1 is 1.05 bits per heavy atom. The van der Waals surface area contributed by atoms with Crippen LogP contribution in [0, 0.1) is 0 Å². The van der Waals surface area contributed by atoms with Gasteiger partial charge in [0, 0.05) is 12.1 Å². The van der Waals surface area contributed by atoms with Crippen molar-refractivity contribution in [2.24, 2.45) is 0 Å². The second-order valence-corrected chi connectivity index (χ2v) is 4.73. The standard InChI is InChI=1S/C16H25NO2/c1-3-5-6-7-13-19-15-11-9-14(10-12-15)17-16(18)8-4-2/h9-12H,3-8,13H2,1-2H3,(H,17,18). The zero-order valence-corrected chi connectivity index (χ0v) is 12.1. The Labute approximate surface area is 116 Å². The zero-order chi connectivity index (χ0) is 13.9. The van der Waals surface area contributed by atoms with E-state index in [1.54, 1.807) is 0 Å². The molecule has 0 radical (unpaired) electrons. The van der Waals surface area contributed by atoms with Crippen molar-refractivity contribution in [3.05, 3.63) is 24.3 Å². The summed E-state index contributed by atoms with van der Waals surface area (Å²) in [5.74, 6) is 0.931. The first kappa shape index (κ1) is 15.5. The lowest BCUT2D eigenvalue weighted by atomic mass is 10.2. The molecule has 3 nitrogen and oxygen atoms in total. The first-order valence-electron chi connectivity index (χ1n) is 7.29. The highest BCUT2D eigenvalue weighted by Gasteiger charge is 2.00. The van der Waals surface area contributed by atoms with Gasteiger partial charge in [0.1, 0.15) is 5.75 Å². The number of hydrogen-bond donors (Lipinski definition) is 1. The first-order valence-corrected chi connectivity index (χ1v) is 7.29. The predicted molar refractivity (Wildman–Crippen MR) is 79.6 cm³/mol. The molecule has 19 heavy (non-hydrogen) atoms. The van der Waals surface area contributed by atoms with E-state index in [9.17, 15) is 4.79 Å². The van der Waals surface area contributed by atoms with E-state index in [2.05, 4.69) is 12.2 Å². The smallest absolute Gasteiger partial charge is 0.224 e. The maximum absolute atomic E-state index is 11.4. The minimum Gasteiger partial charge on any atom is -0.494 e. The van der Waals surface area contributed by atoms with Gasteiger partial charge in [-0.05, 0) is 37.1 Å². The largest absolute Gasteiger partial charge is 0.494 e. The third-order valence-electron chi connectivity index (χ3n) is 2.88. The van der Waals surface area contributed by atoms with Gasteiger partial charge >= 0.3 is 0 Å². The maximum Gasteiger partial charge on any atom is 0.224 e. The molecule has 0 aromatic heterocycles. The van der Waals surface area contributed by atoms with Gasteiger partial charge in [-0.2, -0.15) is 0 Å². The van der Waals surface area contributed by atoms with Crippen molar-refractivity contribution < 1.29 is 9.53 Å². The highest BCUT2D eigenvalue weighted by atomic mass is 16.5. The number of hydrogen-bond acceptors (Lipinski definition) is 2. The van der Waals surface area contributed by atoms with Crippen molar-refractivity contribution in [2.45, 2.75) is 52.4 Å². The number of amides is 1. The Morgan fingerprint density at radius 2 is 1.79 bits per heavy atom. The van der Waals surface area contributed by atoms with Crippen LogP contribution in [0.2, 0.25) is 0 Å². The SMILES string of the molecule is CCCCCCOc1ccc(NC(=O)CCC)cc1. The number of carbonyl (C=O) groups excluding carboxylic acids is 1. The summed E-state index contributed by atoms with van der Waals surface area (Å²) in [6, 6.07) is 7.58. The fourth-order valence-corrected chi connectivity index (χ4v) is 1.80. The van der Waals surface area contributed by atoms with Gasteiger partial charge in [0.25, 0.3) is 0 Å². The van der Waals surface area contributed by atoms with Crippen LogP contribution in [-0.4, -0.2) is 12.5 Å². The van der Waals surface area contributed by atoms with Gasteiger partial charge in [-0.1, -0.05) is 33.1 Å². The number of nitrogens with one attached hydrogen (secondary N) is 1. The molecule has 106 valence electrons. The molecule has 0 saturated carbocycles. The summed E-state index contributed by atoms with van der Waals surface area (Å²) >= 11 is 0. The normalized spacial score (nSPS) is 10.2. The van der Waals surface area contributed by atoms with Gasteiger partial charge in [-0.25, -0.2) is 0 Å². The minimum atomic E-state index is 0.0655. The molecule has 0 bridgehead atoms. The molecule has 3 heteroatoms. The molecule has 1 aromatic carbocycles. The van der Waals surface area contributed by atoms with E-state index in [-0.39, 0.29) is 5.91 Å². The fourth-order valence-electron chi connectivity index (χ4n) is 1.80. The Bertz CT molecular complexity index is 360. The topological polar surface area (TPSA) is 38.3 Å². The monoisotopic (exact) mass is 263 g/mol. The quantitative estimate of drug-likeness (QED) is 0.671. The molecular weight excluding hydrogens is 238 g/mol. The third kappa shape index (κ3) is 6.85. The van der Waals surface area contributed by atoms with E-state index in [0.717, 1.165) is 30.9 Å². The van der Waals surface area contributed by atoms with Crippen LogP contribution in [0.25, 0.3) is 0 Å². The number of ether oxygens (including phenoxy) is 1. The highest BCUT2D eigenvalue weighted by Crippen LogP contribution is 2.16. The van der Waals surface area contributed by atoms with Crippen LogP contribution in [0.4, 0.5) is 5.69 Å². The maximum atomic E-state index is 11.4. The Hall–Kier alpha value is -1.51. The lowest BCUT2D eigenvalue weighted by Crippen LogP contribution is -2.10. The van der Waals surface area contributed by atoms with Crippen molar-refractivity contribution in [3.8, 4) is 5.75 Å². The van der Waals surface area contributed by atoms with Crippen molar-refractivity contribution in [1.82, 2.24) is 0 Å². The predicted octanol–water partition coefficient (Wildman–Crippen LogP) is 4.38. The number of unbranched alkanes of at least 4 members (excludes halogenated alkanes) is 3. The van der Waals surface area contributed by atoms with Gasteiger partial charge in [0.2, 0.25) is 5.91 Å². The molecule has 0 saturated heterocycles. The summed E-state index contributed by atoms with van der Waals surface area (Å²) in [5, 5.41) is 2.86. The highest BCUT2D eigenvalue weighted by molar-refractivity contribution is 5.90. The summed E-state index contributed by atoms with van der Waals surface area (Å²) in [6.45, 7) is 4.96. The van der Waals surface area contributed by atoms with E-state index in [1.165, 1.54) is 19.3 Å².